The lowest BCUT2D eigenvalue weighted by Crippen LogP contribution is -2.39. The molecular formula is C21H24N4O3S. The maximum atomic E-state index is 12.4. The minimum Gasteiger partial charge on any atom is -0.492 e. The van der Waals surface area contributed by atoms with Crippen LogP contribution in [0.2, 0.25) is 0 Å². The van der Waals surface area contributed by atoms with Crippen LogP contribution in [0.15, 0.2) is 66.1 Å². The molecule has 8 heteroatoms. The number of benzene rings is 2. The average Bonchev–Trinajstić information content (AvgIpc) is 3.17. The molecule has 0 fully saturated rings. The topological polar surface area (TPSA) is 99.2 Å². The van der Waals surface area contributed by atoms with Crippen molar-refractivity contribution < 1.29 is 13.2 Å². The molecule has 0 saturated carbocycles. The van der Waals surface area contributed by atoms with Crippen molar-refractivity contribution in [2.75, 3.05) is 6.61 Å². The Labute approximate surface area is 170 Å². The van der Waals surface area contributed by atoms with E-state index in [2.05, 4.69) is 21.8 Å². The summed E-state index contributed by atoms with van der Waals surface area (Å²) in [6, 6.07) is 15.8. The largest absolute Gasteiger partial charge is 0.492 e. The summed E-state index contributed by atoms with van der Waals surface area (Å²) in [5.41, 5.74) is 9.44. The number of rotatable bonds is 6. The van der Waals surface area contributed by atoms with Gasteiger partial charge in [-0.1, -0.05) is 42.5 Å². The number of aromatic nitrogens is 2. The van der Waals surface area contributed by atoms with Gasteiger partial charge in [0, 0.05) is 31.7 Å². The van der Waals surface area contributed by atoms with Crippen molar-refractivity contribution in [2.24, 2.45) is 12.8 Å². The quantitative estimate of drug-likeness (QED) is 0.645. The molecule has 0 radical (unpaired) electrons. The van der Waals surface area contributed by atoms with Gasteiger partial charge < -0.3 is 15.0 Å². The van der Waals surface area contributed by atoms with Gasteiger partial charge in [0.2, 0.25) is 0 Å². The van der Waals surface area contributed by atoms with Gasteiger partial charge in [-0.15, -0.1) is 0 Å². The Balaban J connectivity index is 1.55. The van der Waals surface area contributed by atoms with Crippen molar-refractivity contribution >= 4 is 10.0 Å². The predicted octanol–water partition coefficient (Wildman–Crippen LogP) is 1.94. The van der Waals surface area contributed by atoms with Crippen LogP contribution in [0.3, 0.4) is 0 Å². The zero-order valence-electron chi connectivity index (χ0n) is 16.2. The number of nitrogens with zero attached hydrogens (tertiary/aromatic N) is 2. The second-order valence-electron chi connectivity index (χ2n) is 7.35. The van der Waals surface area contributed by atoms with Gasteiger partial charge in [0.1, 0.15) is 12.4 Å². The molecule has 0 aliphatic carbocycles. The molecular weight excluding hydrogens is 388 g/mol. The van der Waals surface area contributed by atoms with Crippen LogP contribution in [0.1, 0.15) is 22.6 Å². The summed E-state index contributed by atoms with van der Waals surface area (Å²) in [7, 11) is -1.94. The summed E-state index contributed by atoms with van der Waals surface area (Å²) < 4.78 is 34.9. The Kier molecular flexibility index (Phi) is 5.40. The number of sulfonamides is 1. The van der Waals surface area contributed by atoms with Crippen LogP contribution in [0.25, 0.3) is 0 Å². The first-order valence-corrected chi connectivity index (χ1v) is 10.9. The minimum atomic E-state index is -3.67. The number of fused-ring (bicyclic) bond motifs is 1. The molecule has 0 unspecified atom stereocenters. The smallest absolute Gasteiger partial charge is 0.259 e. The summed E-state index contributed by atoms with van der Waals surface area (Å²) in [5, 5.41) is 0.00488. The summed E-state index contributed by atoms with van der Waals surface area (Å²) in [6.45, 7) is 0.635. The number of nitrogens with two attached hydrogens (primary N) is 1. The monoisotopic (exact) mass is 412 g/mol. The second kappa shape index (κ2) is 7.98. The highest BCUT2D eigenvalue weighted by molar-refractivity contribution is 7.89. The van der Waals surface area contributed by atoms with Crippen molar-refractivity contribution in [2.45, 2.75) is 30.0 Å². The molecule has 3 N–H and O–H groups in total. The second-order valence-corrected chi connectivity index (χ2v) is 9.06. The van der Waals surface area contributed by atoms with Gasteiger partial charge in [-0.3, -0.25) is 0 Å². The van der Waals surface area contributed by atoms with Gasteiger partial charge in [0.25, 0.3) is 10.0 Å². The van der Waals surface area contributed by atoms with Crippen molar-refractivity contribution in [1.29, 1.82) is 0 Å². The van der Waals surface area contributed by atoms with E-state index >= 15 is 0 Å². The van der Waals surface area contributed by atoms with Crippen LogP contribution in [-0.2, 0) is 30.0 Å². The number of aryl methyl sites for hydroxylation is 1. The molecule has 0 amide bonds. The molecule has 152 valence electrons. The first-order chi connectivity index (χ1) is 13.9. The van der Waals surface area contributed by atoms with E-state index in [1.54, 1.807) is 11.6 Å². The highest BCUT2D eigenvalue weighted by Crippen LogP contribution is 2.36. The van der Waals surface area contributed by atoms with Crippen LogP contribution >= 0.6 is 0 Å². The van der Waals surface area contributed by atoms with E-state index in [1.807, 2.05) is 36.4 Å². The maximum absolute atomic E-state index is 12.4. The number of ether oxygens (including phenoxy) is 1. The van der Waals surface area contributed by atoms with E-state index < -0.39 is 10.0 Å². The van der Waals surface area contributed by atoms with Crippen molar-refractivity contribution in [3.63, 3.8) is 0 Å². The molecule has 2 aromatic carbocycles. The zero-order chi connectivity index (χ0) is 20.4. The van der Waals surface area contributed by atoms with Crippen molar-refractivity contribution in [1.82, 2.24) is 14.3 Å². The van der Waals surface area contributed by atoms with E-state index in [0.717, 1.165) is 23.3 Å². The first kappa shape index (κ1) is 19.6. The summed E-state index contributed by atoms with van der Waals surface area (Å²) >= 11 is 0. The first-order valence-electron chi connectivity index (χ1n) is 9.45. The van der Waals surface area contributed by atoms with Gasteiger partial charge in [-0.05, 0) is 29.2 Å². The molecule has 2 atom stereocenters. The van der Waals surface area contributed by atoms with Gasteiger partial charge in [-0.25, -0.2) is 18.1 Å². The lowest BCUT2D eigenvalue weighted by atomic mass is 9.84. The molecule has 3 aromatic rings. The number of imidazole rings is 1. The van der Waals surface area contributed by atoms with E-state index in [-0.39, 0.29) is 23.5 Å². The van der Waals surface area contributed by atoms with Crippen molar-refractivity contribution in [3.8, 4) is 5.75 Å². The van der Waals surface area contributed by atoms with Gasteiger partial charge in [-0.2, -0.15) is 0 Å². The number of hydrogen-bond donors (Lipinski definition) is 2. The number of hydrogen-bond acceptors (Lipinski definition) is 5. The Morgan fingerprint density at radius 3 is 2.72 bits per heavy atom. The molecule has 1 aromatic heterocycles. The minimum absolute atomic E-state index is 0.00488. The normalized spacial score (nSPS) is 18.8. The van der Waals surface area contributed by atoms with E-state index in [1.165, 1.54) is 18.1 Å². The number of nitrogens with one attached hydrogen (secondary N) is 1. The molecule has 0 spiro atoms. The SMILES string of the molecule is Cn1cnc(S(=O)(=O)NCc2ccc3c(c2)[C@H](Cc2ccccc2)[C@@H](N)CO3)c1. The Morgan fingerprint density at radius 1 is 1.21 bits per heavy atom. The third-order valence-electron chi connectivity index (χ3n) is 5.14. The zero-order valence-corrected chi connectivity index (χ0v) is 17.0. The fourth-order valence-corrected chi connectivity index (χ4v) is 4.57. The molecule has 1 aliphatic heterocycles. The highest BCUT2D eigenvalue weighted by Gasteiger charge is 2.29. The fraction of sp³-hybridized carbons (Fsp3) is 0.286. The fourth-order valence-electron chi connectivity index (χ4n) is 3.57. The summed E-state index contributed by atoms with van der Waals surface area (Å²) in [6.07, 6.45) is 3.74. The van der Waals surface area contributed by atoms with Crippen molar-refractivity contribution in [3.05, 3.63) is 77.7 Å². The van der Waals surface area contributed by atoms with E-state index in [9.17, 15) is 8.42 Å². The third-order valence-corrected chi connectivity index (χ3v) is 6.43. The van der Waals surface area contributed by atoms with Crippen LogP contribution in [0, 0.1) is 0 Å². The van der Waals surface area contributed by atoms with Crippen LogP contribution in [-0.4, -0.2) is 30.6 Å². The molecule has 2 heterocycles. The average molecular weight is 413 g/mol. The molecule has 7 nitrogen and oxygen atoms in total. The molecule has 29 heavy (non-hydrogen) atoms. The maximum Gasteiger partial charge on any atom is 0.259 e. The standard InChI is InChI=1S/C21H24N4O3S/c1-25-12-21(23-14-25)29(26,27)24-11-16-7-8-20-18(10-16)17(19(22)13-28-20)9-15-5-3-2-4-6-15/h2-8,10,12,14,17,19,24H,9,11,13,22H2,1H3/t17-,19-/m0/s1. The van der Waals surface area contributed by atoms with Gasteiger partial charge >= 0.3 is 0 Å². The Bertz CT molecular complexity index is 1100. The van der Waals surface area contributed by atoms with Gasteiger partial charge in [0.15, 0.2) is 5.03 Å². The van der Waals surface area contributed by atoms with Gasteiger partial charge in [0.05, 0.1) is 6.33 Å². The summed E-state index contributed by atoms with van der Waals surface area (Å²) in [5.74, 6) is 0.914. The molecule has 4 rings (SSSR count). The Hall–Kier alpha value is -2.68. The van der Waals surface area contributed by atoms with E-state index in [0.29, 0.717) is 6.61 Å². The Morgan fingerprint density at radius 2 is 2.00 bits per heavy atom. The molecule has 1 aliphatic rings. The molecule has 0 saturated heterocycles. The predicted molar refractivity (Wildman–Crippen MR) is 110 cm³/mol. The molecule has 0 bridgehead atoms. The lowest BCUT2D eigenvalue weighted by Gasteiger charge is -2.32. The lowest BCUT2D eigenvalue weighted by molar-refractivity contribution is 0.238. The third kappa shape index (κ3) is 4.34. The van der Waals surface area contributed by atoms with E-state index in [4.69, 9.17) is 10.5 Å². The highest BCUT2D eigenvalue weighted by atomic mass is 32.2. The van der Waals surface area contributed by atoms with Crippen LogP contribution in [0.5, 0.6) is 5.75 Å². The summed E-state index contributed by atoms with van der Waals surface area (Å²) in [4.78, 5) is 3.91. The van der Waals surface area contributed by atoms with Crippen LogP contribution < -0.4 is 15.2 Å². The van der Waals surface area contributed by atoms with Crippen LogP contribution in [0.4, 0.5) is 0 Å².